The molecule has 3 aromatic carbocycles. The summed E-state index contributed by atoms with van der Waals surface area (Å²) in [6.07, 6.45) is 5.34. The second-order valence-corrected chi connectivity index (χ2v) is 10.8. The van der Waals surface area contributed by atoms with Crippen LogP contribution in [0, 0.1) is 18.9 Å². The third-order valence-corrected chi connectivity index (χ3v) is 7.99. The van der Waals surface area contributed by atoms with Crippen molar-refractivity contribution >= 4 is 26.9 Å². The van der Waals surface area contributed by atoms with Gasteiger partial charge < -0.3 is 19.0 Å². The predicted octanol–water partition coefficient (Wildman–Crippen LogP) is 0.845. The Morgan fingerprint density at radius 2 is 1.67 bits per heavy atom. The van der Waals surface area contributed by atoms with Crippen LogP contribution in [-0.2, 0) is 23.6 Å². The van der Waals surface area contributed by atoms with Crippen LogP contribution in [0.1, 0.15) is 27.0 Å². The summed E-state index contributed by atoms with van der Waals surface area (Å²) in [5, 5.41) is 12.8. The van der Waals surface area contributed by atoms with Gasteiger partial charge >= 0.3 is 18.9 Å². The van der Waals surface area contributed by atoms with Gasteiger partial charge in [-0.2, -0.15) is 0 Å². The molecule has 0 amide bonds. The summed E-state index contributed by atoms with van der Waals surface area (Å²) in [7, 11) is -2.06. The van der Waals surface area contributed by atoms with E-state index in [0.29, 0.717) is 11.3 Å². The number of aromatic carboxylic acids is 1. The van der Waals surface area contributed by atoms with Gasteiger partial charge in [0.15, 0.2) is 0 Å². The summed E-state index contributed by atoms with van der Waals surface area (Å²) >= 11 is 0. The van der Waals surface area contributed by atoms with Crippen LogP contribution in [0.2, 0.25) is 0 Å². The average molecular weight is 530 g/mol. The molecular formula is C30H24LiN3O4S. The fourth-order valence-corrected chi connectivity index (χ4v) is 5.53. The molecule has 39 heavy (non-hydrogen) atoms. The molecule has 7 nitrogen and oxygen atoms in total. The smallest absolute Gasteiger partial charge is 0.545 e. The molecule has 0 spiro atoms. The van der Waals surface area contributed by atoms with E-state index in [4.69, 9.17) is 0 Å². The van der Waals surface area contributed by atoms with E-state index in [-0.39, 0.29) is 35.9 Å². The van der Waals surface area contributed by atoms with Gasteiger partial charge in [0.1, 0.15) is 0 Å². The number of benzene rings is 3. The van der Waals surface area contributed by atoms with Crippen molar-refractivity contribution in [2.24, 2.45) is 7.05 Å². The fraction of sp³-hybridized carbons (Fsp3) is 0.100. The molecule has 0 saturated heterocycles. The van der Waals surface area contributed by atoms with Gasteiger partial charge in [0, 0.05) is 42.8 Å². The predicted molar refractivity (Wildman–Crippen MR) is 144 cm³/mol. The Labute approximate surface area is 239 Å². The van der Waals surface area contributed by atoms with E-state index >= 15 is 0 Å². The molecular weight excluding hydrogens is 505 g/mol. The molecule has 0 N–H and O–H groups in total. The second kappa shape index (κ2) is 11.3. The standard InChI is InChI=1S/C30H25N3O4S.Li/c1-22-8-11-26(12-9-22)38(36,37)33(21-23-10-13-28-25(20-23)14-18-31(28)2)19-15-24-6-5-7-27(30(34)35)29(24)32-16-3-4-17-32;/h3-14,16-18,20H,21H2,1-2H3,(H,34,35);/q;+1/p-1. The first kappa shape index (κ1) is 27.9. The summed E-state index contributed by atoms with van der Waals surface area (Å²) in [4.78, 5) is 12.0. The van der Waals surface area contributed by atoms with Crippen molar-refractivity contribution in [2.75, 3.05) is 0 Å². The van der Waals surface area contributed by atoms with Gasteiger partial charge in [-0.1, -0.05) is 35.9 Å². The number of fused-ring (bicyclic) bond motifs is 1. The van der Waals surface area contributed by atoms with Gasteiger partial charge in [0.2, 0.25) is 0 Å². The van der Waals surface area contributed by atoms with Crippen LogP contribution in [-0.4, -0.2) is 27.8 Å². The van der Waals surface area contributed by atoms with E-state index in [0.717, 1.165) is 26.3 Å². The van der Waals surface area contributed by atoms with Crippen molar-refractivity contribution < 1.29 is 37.2 Å². The third-order valence-electron chi connectivity index (χ3n) is 6.32. The molecule has 0 radical (unpaired) electrons. The maximum Gasteiger partial charge on any atom is 1.00 e. The summed E-state index contributed by atoms with van der Waals surface area (Å²) < 4.78 is 32.2. The number of carbonyl (C=O) groups excluding carboxylic acids is 1. The van der Waals surface area contributed by atoms with Crippen molar-refractivity contribution in [3.63, 3.8) is 0 Å². The molecule has 2 heterocycles. The maximum atomic E-state index is 13.7. The maximum absolute atomic E-state index is 13.7. The summed E-state index contributed by atoms with van der Waals surface area (Å²) in [6.45, 7) is 1.89. The molecule has 0 saturated carbocycles. The Bertz CT molecular complexity index is 1810. The van der Waals surface area contributed by atoms with Crippen LogP contribution in [0.4, 0.5) is 0 Å². The normalized spacial score (nSPS) is 10.9. The molecule has 2 aromatic heterocycles. The van der Waals surface area contributed by atoms with Crippen LogP contribution in [0.3, 0.4) is 0 Å². The van der Waals surface area contributed by atoms with Crippen molar-refractivity contribution in [3.8, 4) is 17.7 Å². The number of sulfonamides is 1. The van der Waals surface area contributed by atoms with Crippen LogP contribution in [0.15, 0.2) is 102 Å². The zero-order chi connectivity index (χ0) is 26.9. The minimum absolute atomic E-state index is 0. The Hall–Kier alpha value is -4.14. The van der Waals surface area contributed by atoms with E-state index < -0.39 is 16.0 Å². The number of rotatable bonds is 6. The SMILES string of the molecule is Cc1ccc(S(=O)(=O)N(C#Cc2cccc(C(=O)[O-])c2-n2cccc2)Cc2ccc3c(ccn3C)c2)cc1.[Li+]. The summed E-state index contributed by atoms with van der Waals surface area (Å²) in [5.74, 6) is 1.58. The van der Waals surface area contributed by atoms with Crippen molar-refractivity contribution in [1.82, 2.24) is 13.4 Å². The first-order valence-corrected chi connectivity index (χ1v) is 13.3. The number of hydrogen-bond donors (Lipinski definition) is 0. The third kappa shape index (κ3) is 5.67. The number of aromatic nitrogens is 2. The second-order valence-electron chi connectivity index (χ2n) is 8.96. The van der Waals surface area contributed by atoms with Crippen molar-refractivity contribution in [2.45, 2.75) is 18.4 Å². The minimum Gasteiger partial charge on any atom is -0.545 e. The minimum atomic E-state index is -4.01. The number of carbonyl (C=O) groups is 1. The molecule has 5 rings (SSSR count). The molecule has 0 fully saturated rings. The quantitative estimate of drug-likeness (QED) is 0.185. The van der Waals surface area contributed by atoms with Gasteiger partial charge in [-0.25, -0.2) is 12.7 Å². The number of nitrogens with zero attached hydrogens (tertiary/aromatic N) is 3. The van der Waals surface area contributed by atoms with E-state index in [9.17, 15) is 18.3 Å². The molecule has 0 unspecified atom stereocenters. The van der Waals surface area contributed by atoms with Crippen LogP contribution < -0.4 is 24.0 Å². The van der Waals surface area contributed by atoms with E-state index in [1.165, 1.54) is 6.07 Å². The van der Waals surface area contributed by atoms with E-state index in [1.54, 1.807) is 65.5 Å². The Balaban J connectivity index is 0.00000353. The van der Waals surface area contributed by atoms with E-state index in [2.05, 4.69) is 12.0 Å². The molecule has 0 bridgehead atoms. The number of hydrogen-bond acceptors (Lipinski definition) is 4. The van der Waals surface area contributed by atoms with Gasteiger partial charge in [0.25, 0.3) is 10.0 Å². The van der Waals surface area contributed by atoms with Gasteiger partial charge in [0.05, 0.1) is 28.7 Å². The Morgan fingerprint density at radius 1 is 0.949 bits per heavy atom. The largest absolute Gasteiger partial charge is 1.00 e. The first-order valence-electron chi connectivity index (χ1n) is 11.9. The molecule has 0 aliphatic carbocycles. The number of carboxylic acids is 1. The van der Waals surface area contributed by atoms with Crippen molar-refractivity contribution in [1.29, 1.82) is 0 Å². The number of aryl methyl sites for hydroxylation is 2. The summed E-state index contributed by atoms with van der Waals surface area (Å²) in [6, 6.07) is 25.3. The van der Waals surface area contributed by atoms with Gasteiger partial charge in [-0.15, -0.1) is 0 Å². The molecule has 9 heteroatoms. The van der Waals surface area contributed by atoms with Crippen molar-refractivity contribution in [3.05, 3.63) is 120 Å². The Morgan fingerprint density at radius 3 is 2.36 bits per heavy atom. The fourth-order valence-electron chi connectivity index (χ4n) is 4.31. The van der Waals surface area contributed by atoms with Crippen LogP contribution in [0.25, 0.3) is 16.6 Å². The Kier molecular flexibility index (Phi) is 8.08. The first-order chi connectivity index (χ1) is 18.2. The summed E-state index contributed by atoms with van der Waals surface area (Å²) in [5.41, 5.74) is 3.35. The average Bonchev–Trinajstić information content (AvgIpc) is 3.56. The van der Waals surface area contributed by atoms with Gasteiger partial charge in [-0.05, 0) is 72.3 Å². The molecule has 0 aliphatic heterocycles. The zero-order valence-electron chi connectivity index (χ0n) is 21.8. The topological polar surface area (TPSA) is 87.4 Å². The zero-order valence-corrected chi connectivity index (χ0v) is 22.6. The molecule has 190 valence electrons. The number of carboxylic acid groups (broad SMARTS) is 1. The van der Waals surface area contributed by atoms with Gasteiger partial charge in [-0.3, -0.25) is 0 Å². The monoisotopic (exact) mass is 529 g/mol. The van der Waals surface area contributed by atoms with Crippen LogP contribution >= 0.6 is 0 Å². The molecule has 0 aliphatic rings. The number of para-hydroxylation sites is 1. The van der Waals surface area contributed by atoms with E-state index in [1.807, 2.05) is 49.0 Å². The van der Waals surface area contributed by atoms with Crippen LogP contribution in [0.5, 0.6) is 0 Å². The molecule has 5 aromatic rings. The molecule has 0 atom stereocenters.